The van der Waals surface area contributed by atoms with E-state index in [0.29, 0.717) is 26.1 Å². The largest absolute Gasteiger partial charge is 0.463 e. The van der Waals surface area contributed by atoms with Gasteiger partial charge in [0.05, 0.1) is 19.8 Å². The summed E-state index contributed by atoms with van der Waals surface area (Å²) in [5, 5.41) is 0. The number of halogens is 2. The molecule has 1 aliphatic heterocycles. The van der Waals surface area contributed by atoms with Gasteiger partial charge in [0, 0.05) is 36.9 Å². The van der Waals surface area contributed by atoms with E-state index in [9.17, 15) is 18.4 Å². The lowest BCUT2D eigenvalue weighted by Gasteiger charge is -2.22. The molecule has 1 fully saturated rings. The second-order valence-electron chi connectivity index (χ2n) is 5.49. The Balaban J connectivity index is 2.07. The lowest BCUT2D eigenvalue weighted by molar-refractivity contribution is -0.137. The molecule has 0 aromatic heterocycles. The smallest absolute Gasteiger partial charge is 0.330 e. The number of rotatable bonds is 8. The molecule has 1 aromatic rings. The van der Waals surface area contributed by atoms with Crippen LogP contribution in [0.1, 0.15) is 19.8 Å². The molecule has 26 heavy (non-hydrogen) atoms. The molecule has 0 radical (unpaired) electrons. The quantitative estimate of drug-likeness (QED) is 0.521. The van der Waals surface area contributed by atoms with E-state index in [1.165, 1.54) is 11.0 Å². The summed E-state index contributed by atoms with van der Waals surface area (Å²) in [6, 6.07) is 3.19. The highest BCUT2D eigenvalue weighted by Crippen LogP contribution is 2.20. The fourth-order valence-electron chi connectivity index (χ4n) is 2.43. The summed E-state index contributed by atoms with van der Waals surface area (Å²) >= 11 is 0. The number of ether oxygens (including phenoxy) is 3. The van der Waals surface area contributed by atoms with Crippen molar-refractivity contribution in [3.8, 4) is 0 Å². The first kappa shape index (κ1) is 20.0. The van der Waals surface area contributed by atoms with Crippen molar-refractivity contribution in [2.45, 2.75) is 26.1 Å². The van der Waals surface area contributed by atoms with E-state index in [0.717, 1.165) is 24.3 Å². The Morgan fingerprint density at radius 3 is 2.62 bits per heavy atom. The fraction of sp³-hybridized carbons (Fsp3) is 0.444. The molecule has 1 aliphatic rings. The van der Waals surface area contributed by atoms with E-state index in [1.54, 1.807) is 6.92 Å². The number of hydrogen-bond donors (Lipinski definition) is 0. The van der Waals surface area contributed by atoms with Crippen LogP contribution in [0.3, 0.4) is 0 Å². The zero-order valence-corrected chi connectivity index (χ0v) is 14.5. The van der Waals surface area contributed by atoms with Crippen molar-refractivity contribution in [2.75, 3.05) is 31.3 Å². The van der Waals surface area contributed by atoms with Crippen molar-refractivity contribution in [3.05, 3.63) is 42.0 Å². The molecule has 0 unspecified atom stereocenters. The van der Waals surface area contributed by atoms with Gasteiger partial charge in [0.15, 0.2) is 17.9 Å². The van der Waals surface area contributed by atoms with Crippen molar-refractivity contribution < 1.29 is 32.6 Å². The summed E-state index contributed by atoms with van der Waals surface area (Å²) in [6.45, 7) is 3.11. The van der Waals surface area contributed by atoms with E-state index in [-0.39, 0.29) is 25.1 Å². The highest BCUT2D eigenvalue weighted by Gasteiger charge is 2.19. The van der Waals surface area contributed by atoms with Gasteiger partial charge < -0.3 is 19.1 Å². The van der Waals surface area contributed by atoms with E-state index in [1.807, 2.05) is 0 Å². The molecule has 0 N–H and O–H groups in total. The monoisotopic (exact) mass is 369 g/mol. The summed E-state index contributed by atoms with van der Waals surface area (Å²) < 4.78 is 42.1. The highest BCUT2D eigenvalue weighted by atomic mass is 19.2. The molecule has 0 saturated carbocycles. The minimum absolute atomic E-state index is 0.186. The molecule has 1 amide bonds. The summed E-state index contributed by atoms with van der Waals surface area (Å²) in [5.74, 6) is -3.26. The summed E-state index contributed by atoms with van der Waals surface area (Å²) in [5.41, 5.74) is 0.190. The first-order chi connectivity index (χ1) is 12.5. The number of carbonyl (C=O) groups excluding carboxylic acids is 2. The van der Waals surface area contributed by atoms with E-state index >= 15 is 0 Å². The Morgan fingerprint density at radius 1 is 1.23 bits per heavy atom. The number of esters is 1. The predicted molar refractivity (Wildman–Crippen MR) is 89.4 cm³/mol. The number of carbonyl (C=O) groups is 2. The number of amides is 1. The standard InChI is InChI=1S/C18H21F2NO5/c1-2-24-17(23)8-7-16(22)21(9-3-4-18-25-10-11-26-18)13-5-6-14(19)15(20)12-13/h5-8,12,18H,2-4,9-11H2,1H3/b8-7+. The van der Waals surface area contributed by atoms with Crippen LogP contribution >= 0.6 is 0 Å². The van der Waals surface area contributed by atoms with Gasteiger partial charge in [0.25, 0.3) is 5.91 Å². The van der Waals surface area contributed by atoms with Crippen LogP contribution in [-0.2, 0) is 23.8 Å². The van der Waals surface area contributed by atoms with Crippen molar-refractivity contribution in [3.63, 3.8) is 0 Å². The van der Waals surface area contributed by atoms with E-state index in [4.69, 9.17) is 14.2 Å². The van der Waals surface area contributed by atoms with Gasteiger partial charge in [-0.2, -0.15) is 0 Å². The van der Waals surface area contributed by atoms with Crippen molar-refractivity contribution in [1.82, 2.24) is 0 Å². The van der Waals surface area contributed by atoms with Crippen LogP contribution in [0.25, 0.3) is 0 Å². The number of hydrogen-bond acceptors (Lipinski definition) is 5. The van der Waals surface area contributed by atoms with Crippen molar-refractivity contribution >= 4 is 17.6 Å². The molecular formula is C18H21F2NO5. The Bertz CT molecular complexity index is 659. The van der Waals surface area contributed by atoms with Crippen molar-refractivity contribution in [2.24, 2.45) is 0 Å². The molecular weight excluding hydrogens is 348 g/mol. The molecule has 1 heterocycles. The number of anilines is 1. The number of nitrogens with zero attached hydrogens (tertiary/aromatic N) is 1. The molecule has 1 saturated heterocycles. The van der Waals surface area contributed by atoms with Crippen LogP contribution in [-0.4, -0.2) is 44.5 Å². The molecule has 142 valence electrons. The first-order valence-electron chi connectivity index (χ1n) is 8.36. The molecule has 1 aromatic carbocycles. The zero-order chi connectivity index (χ0) is 18.9. The van der Waals surface area contributed by atoms with Gasteiger partial charge in [0.1, 0.15) is 0 Å². The van der Waals surface area contributed by atoms with Crippen molar-refractivity contribution in [1.29, 1.82) is 0 Å². The zero-order valence-electron chi connectivity index (χ0n) is 14.5. The van der Waals surface area contributed by atoms with Gasteiger partial charge in [-0.05, 0) is 25.5 Å². The molecule has 8 heteroatoms. The SMILES string of the molecule is CCOC(=O)/C=C/C(=O)N(CCCC1OCCO1)c1ccc(F)c(F)c1. The lowest BCUT2D eigenvalue weighted by Crippen LogP contribution is -2.31. The minimum Gasteiger partial charge on any atom is -0.463 e. The van der Waals surface area contributed by atoms with Gasteiger partial charge in [-0.25, -0.2) is 13.6 Å². The first-order valence-corrected chi connectivity index (χ1v) is 8.36. The van der Waals surface area contributed by atoms with Crippen LogP contribution in [0.5, 0.6) is 0 Å². The topological polar surface area (TPSA) is 65.1 Å². The molecule has 6 nitrogen and oxygen atoms in total. The van der Waals surface area contributed by atoms with Crippen LogP contribution in [0.15, 0.2) is 30.4 Å². The maximum atomic E-state index is 13.5. The molecule has 0 spiro atoms. The second kappa shape index (κ2) is 9.98. The van der Waals surface area contributed by atoms with Gasteiger partial charge in [-0.3, -0.25) is 4.79 Å². The summed E-state index contributed by atoms with van der Waals surface area (Å²) in [4.78, 5) is 25.1. The third-order valence-electron chi connectivity index (χ3n) is 3.64. The van der Waals surface area contributed by atoms with E-state index < -0.39 is 23.5 Å². The third kappa shape index (κ3) is 5.89. The molecule has 0 aliphatic carbocycles. The average molecular weight is 369 g/mol. The van der Waals surface area contributed by atoms with Gasteiger partial charge in [0.2, 0.25) is 0 Å². The Labute approximate surface area is 150 Å². The highest BCUT2D eigenvalue weighted by molar-refractivity contribution is 6.04. The number of benzene rings is 1. The van der Waals surface area contributed by atoms with Crippen LogP contribution in [0.4, 0.5) is 14.5 Å². The van der Waals surface area contributed by atoms with Gasteiger partial charge in [-0.15, -0.1) is 0 Å². The molecule has 0 atom stereocenters. The molecule has 0 bridgehead atoms. The Hall–Kier alpha value is -2.32. The third-order valence-corrected chi connectivity index (χ3v) is 3.64. The fourth-order valence-corrected chi connectivity index (χ4v) is 2.43. The van der Waals surface area contributed by atoms with Crippen LogP contribution < -0.4 is 4.90 Å². The normalized spacial score (nSPS) is 14.7. The maximum absolute atomic E-state index is 13.5. The summed E-state index contributed by atoms with van der Waals surface area (Å²) in [6.07, 6.45) is 2.79. The Morgan fingerprint density at radius 2 is 1.96 bits per heavy atom. The van der Waals surface area contributed by atoms with Gasteiger partial charge in [-0.1, -0.05) is 0 Å². The predicted octanol–water partition coefficient (Wildman–Crippen LogP) is 2.57. The summed E-state index contributed by atoms with van der Waals surface area (Å²) in [7, 11) is 0. The lowest BCUT2D eigenvalue weighted by atomic mass is 10.2. The van der Waals surface area contributed by atoms with Crippen LogP contribution in [0, 0.1) is 11.6 Å². The van der Waals surface area contributed by atoms with Gasteiger partial charge >= 0.3 is 5.97 Å². The van der Waals surface area contributed by atoms with E-state index in [2.05, 4.69) is 0 Å². The minimum atomic E-state index is -1.06. The molecule has 2 rings (SSSR count). The second-order valence-corrected chi connectivity index (χ2v) is 5.49. The maximum Gasteiger partial charge on any atom is 0.330 e. The Kier molecular flexibility index (Phi) is 7.68. The average Bonchev–Trinajstić information content (AvgIpc) is 3.13. The van der Waals surface area contributed by atoms with Crippen LogP contribution in [0.2, 0.25) is 0 Å².